The van der Waals surface area contributed by atoms with Crippen molar-refractivity contribution in [3.8, 4) is 0 Å². The fourth-order valence-corrected chi connectivity index (χ4v) is 2.19. The van der Waals surface area contributed by atoms with Gasteiger partial charge in [0.1, 0.15) is 11.2 Å². The van der Waals surface area contributed by atoms with Gasteiger partial charge in [-0.2, -0.15) is 0 Å². The van der Waals surface area contributed by atoms with Gasteiger partial charge in [-0.3, -0.25) is 9.59 Å². The molecule has 0 spiro atoms. The Bertz CT molecular complexity index is 263. The third-order valence-electron chi connectivity index (χ3n) is 3.51. The molecule has 1 aliphatic heterocycles. The lowest BCUT2D eigenvalue weighted by Crippen LogP contribution is -2.43. The molecule has 0 saturated carbocycles. The van der Waals surface area contributed by atoms with Crippen LogP contribution in [0.15, 0.2) is 0 Å². The van der Waals surface area contributed by atoms with E-state index in [1.54, 1.807) is 0 Å². The number of hydrogen-bond donors (Lipinski definition) is 1. The summed E-state index contributed by atoms with van der Waals surface area (Å²) in [5.74, 6) is 0.0619. The number of carbonyl (C=O) groups is 2. The number of amides is 1. The topological polar surface area (TPSA) is 46.2 Å². The van der Waals surface area contributed by atoms with Crippen LogP contribution in [-0.4, -0.2) is 18.2 Å². The smallest absolute Gasteiger partial charge is 0.233 e. The minimum atomic E-state index is -0.760. The fourth-order valence-electron chi connectivity index (χ4n) is 2.19. The molecule has 0 aromatic carbocycles. The molecule has 1 aliphatic rings. The van der Waals surface area contributed by atoms with Crippen LogP contribution in [0.1, 0.15) is 58.8 Å². The molecule has 0 aliphatic carbocycles. The van der Waals surface area contributed by atoms with Crippen molar-refractivity contribution in [2.75, 3.05) is 6.54 Å². The second-order valence-corrected chi connectivity index (χ2v) is 4.93. The van der Waals surface area contributed by atoms with E-state index in [-0.39, 0.29) is 11.7 Å². The van der Waals surface area contributed by atoms with Crippen LogP contribution in [0.3, 0.4) is 0 Å². The van der Waals surface area contributed by atoms with Crippen LogP contribution in [0.5, 0.6) is 0 Å². The van der Waals surface area contributed by atoms with Gasteiger partial charge in [-0.25, -0.2) is 0 Å². The van der Waals surface area contributed by atoms with Gasteiger partial charge in [0.2, 0.25) is 5.91 Å². The zero-order valence-electron chi connectivity index (χ0n) is 10.5. The van der Waals surface area contributed by atoms with Crippen LogP contribution in [0.25, 0.3) is 0 Å². The first-order chi connectivity index (χ1) is 7.61. The molecular formula is C13H23NO2. The van der Waals surface area contributed by atoms with Crippen molar-refractivity contribution in [2.24, 2.45) is 5.41 Å². The maximum atomic E-state index is 12.1. The molecule has 1 atom stereocenters. The Kier molecular flexibility index (Phi) is 4.97. The van der Waals surface area contributed by atoms with Crippen molar-refractivity contribution < 1.29 is 9.59 Å². The first kappa shape index (κ1) is 13.2. The van der Waals surface area contributed by atoms with Gasteiger partial charge in [-0.15, -0.1) is 0 Å². The highest BCUT2D eigenvalue weighted by molar-refractivity contribution is 6.05. The number of unbranched alkanes of at least 4 members (excludes halogenated alkanes) is 2. The lowest BCUT2D eigenvalue weighted by molar-refractivity contribution is -0.141. The van der Waals surface area contributed by atoms with Crippen molar-refractivity contribution in [1.29, 1.82) is 0 Å². The number of Topliss-reactive ketones (excluding diaryl/α,β-unsaturated/α-hetero) is 1. The average molecular weight is 225 g/mol. The maximum Gasteiger partial charge on any atom is 0.233 e. The summed E-state index contributed by atoms with van der Waals surface area (Å²) < 4.78 is 0. The van der Waals surface area contributed by atoms with E-state index in [2.05, 4.69) is 12.2 Å². The zero-order valence-corrected chi connectivity index (χ0v) is 10.5. The molecule has 3 heteroatoms. The summed E-state index contributed by atoms with van der Waals surface area (Å²) in [7, 11) is 0. The predicted molar refractivity (Wildman–Crippen MR) is 64.1 cm³/mol. The van der Waals surface area contributed by atoms with Gasteiger partial charge in [0.05, 0.1) is 0 Å². The van der Waals surface area contributed by atoms with E-state index >= 15 is 0 Å². The maximum absolute atomic E-state index is 12.1. The molecule has 1 N–H and O–H groups in total. The lowest BCUT2D eigenvalue weighted by Gasteiger charge is -2.24. The minimum Gasteiger partial charge on any atom is -0.355 e. The van der Waals surface area contributed by atoms with Crippen molar-refractivity contribution in [2.45, 2.75) is 58.8 Å². The second-order valence-electron chi connectivity index (χ2n) is 4.93. The fraction of sp³-hybridized carbons (Fsp3) is 0.846. The SMILES string of the molecule is CCCCCC(=O)C1(C)CCCCNC1=O. The van der Waals surface area contributed by atoms with Gasteiger partial charge < -0.3 is 5.32 Å². The van der Waals surface area contributed by atoms with Crippen LogP contribution >= 0.6 is 0 Å². The Morgan fingerprint density at radius 3 is 2.81 bits per heavy atom. The van der Waals surface area contributed by atoms with Crippen LogP contribution in [0.4, 0.5) is 0 Å². The van der Waals surface area contributed by atoms with E-state index < -0.39 is 5.41 Å². The zero-order chi connectivity index (χ0) is 12.0. The summed E-state index contributed by atoms with van der Waals surface area (Å²) in [5, 5.41) is 2.85. The Morgan fingerprint density at radius 1 is 1.38 bits per heavy atom. The Balaban J connectivity index is 2.58. The van der Waals surface area contributed by atoms with Crippen molar-refractivity contribution in [3.63, 3.8) is 0 Å². The Labute approximate surface area is 98.0 Å². The monoisotopic (exact) mass is 225 g/mol. The number of carbonyl (C=O) groups excluding carboxylic acids is 2. The molecule has 1 saturated heterocycles. The summed E-state index contributed by atoms with van der Waals surface area (Å²) in [4.78, 5) is 24.0. The van der Waals surface area contributed by atoms with Gasteiger partial charge in [0, 0.05) is 13.0 Å². The summed E-state index contributed by atoms with van der Waals surface area (Å²) in [5.41, 5.74) is -0.760. The lowest BCUT2D eigenvalue weighted by atomic mass is 9.78. The number of nitrogens with one attached hydrogen (secondary N) is 1. The normalized spacial score (nSPS) is 26.0. The summed E-state index contributed by atoms with van der Waals surface area (Å²) >= 11 is 0. The van der Waals surface area contributed by atoms with Gasteiger partial charge in [0.25, 0.3) is 0 Å². The minimum absolute atomic E-state index is 0.0634. The van der Waals surface area contributed by atoms with Crippen molar-refractivity contribution in [3.05, 3.63) is 0 Å². The Hall–Kier alpha value is -0.860. The highest BCUT2D eigenvalue weighted by atomic mass is 16.2. The second kappa shape index (κ2) is 6.02. The molecule has 0 bridgehead atoms. The summed E-state index contributed by atoms with van der Waals surface area (Å²) in [6, 6.07) is 0. The van der Waals surface area contributed by atoms with Crippen LogP contribution in [0, 0.1) is 5.41 Å². The first-order valence-electron chi connectivity index (χ1n) is 6.43. The van der Waals surface area contributed by atoms with Crippen molar-refractivity contribution >= 4 is 11.7 Å². The molecule has 3 nitrogen and oxygen atoms in total. The largest absolute Gasteiger partial charge is 0.355 e. The molecule has 92 valence electrons. The molecule has 1 rings (SSSR count). The van der Waals surface area contributed by atoms with E-state index in [1.165, 1.54) is 0 Å². The van der Waals surface area contributed by atoms with Gasteiger partial charge in [-0.05, 0) is 26.2 Å². The van der Waals surface area contributed by atoms with E-state index in [1.807, 2.05) is 6.92 Å². The van der Waals surface area contributed by atoms with Crippen LogP contribution in [-0.2, 0) is 9.59 Å². The number of hydrogen-bond acceptors (Lipinski definition) is 2. The quantitative estimate of drug-likeness (QED) is 0.577. The summed E-state index contributed by atoms with van der Waals surface area (Å²) in [6.45, 7) is 4.64. The van der Waals surface area contributed by atoms with Gasteiger partial charge in [-0.1, -0.05) is 26.2 Å². The average Bonchev–Trinajstić information content (AvgIpc) is 2.43. The predicted octanol–water partition coefficient (Wildman–Crippen LogP) is 2.44. The van der Waals surface area contributed by atoms with E-state index in [0.29, 0.717) is 12.8 Å². The molecule has 16 heavy (non-hydrogen) atoms. The highest BCUT2D eigenvalue weighted by Gasteiger charge is 2.40. The van der Waals surface area contributed by atoms with Crippen molar-refractivity contribution in [1.82, 2.24) is 5.32 Å². The third kappa shape index (κ3) is 3.06. The van der Waals surface area contributed by atoms with E-state index in [0.717, 1.165) is 38.6 Å². The summed E-state index contributed by atoms with van der Waals surface area (Å²) in [6.07, 6.45) is 6.32. The molecule has 1 amide bonds. The molecule has 1 fully saturated rings. The number of rotatable bonds is 5. The van der Waals surface area contributed by atoms with E-state index in [9.17, 15) is 9.59 Å². The highest BCUT2D eigenvalue weighted by Crippen LogP contribution is 2.29. The van der Waals surface area contributed by atoms with Gasteiger partial charge >= 0.3 is 0 Å². The third-order valence-corrected chi connectivity index (χ3v) is 3.51. The number of ketones is 1. The molecule has 0 aromatic rings. The van der Waals surface area contributed by atoms with Gasteiger partial charge in [0.15, 0.2) is 0 Å². The Morgan fingerprint density at radius 2 is 2.12 bits per heavy atom. The molecule has 1 unspecified atom stereocenters. The molecule has 1 heterocycles. The first-order valence-corrected chi connectivity index (χ1v) is 6.43. The molecule has 0 aromatic heterocycles. The molecular weight excluding hydrogens is 202 g/mol. The standard InChI is InChI=1S/C13H23NO2/c1-3-4-5-8-11(15)13(2)9-6-7-10-14-12(13)16/h3-10H2,1-2H3,(H,14,16). The van der Waals surface area contributed by atoms with E-state index in [4.69, 9.17) is 0 Å². The van der Waals surface area contributed by atoms with Crippen LogP contribution in [0.2, 0.25) is 0 Å². The van der Waals surface area contributed by atoms with Crippen LogP contribution < -0.4 is 5.32 Å². The molecule has 0 radical (unpaired) electrons.